The van der Waals surface area contributed by atoms with Gasteiger partial charge >= 0.3 is 0 Å². The van der Waals surface area contributed by atoms with Crippen molar-refractivity contribution in [2.75, 3.05) is 9.80 Å². The van der Waals surface area contributed by atoms with Crippen LogP contribution in [0.15, 0.2) is 259 Å². The van der Waals surface area contributed by atoms with Gasteiger partial charge in [-0.2, -0.15) is 0 Å². The zero-order valence-corrected chi connectivity index (χ0v) is 37.0. The Labute approximate surface area is 394 Å². The molecule has 0 saturated carbocycles. The highest BCUT2D eigenvalue weighted by molar-refractivity contribution is 6.11. The predicted octanol–water partition coefficient (Wildman–Crippen LogP) is 18.5. The number of para-hydroxylation sites is 5. The van der Waals surface area contributed by atoms with Crippen LogP contribution in [0.1, 0.15) is 0 Å². The number of nitrogens with zero attached hydrogens (tertiary/aromatic N) is 2. The average Bonchev–Trinajstić information content (AvgIpc) is 3.80. The molecule has 2 heterocycles. The fourth-order valence-corrected chi connectivity index (χ4v) is 10.0. The van der Waals surface area contributed by atoms with E-state index in [1.54, 1.807) is 0 Å². The third kappa shape index (κ3) is 6.69. The molecule has 0 N–H and O–H groups in total. The topological polar surface area (TPSA) is 28.9 Å². The maximum absolute atomic E-state index is 7.47. The van der Waals surface area contributed by atoms with Gasteiger partial charge in [0.25, 0.3) is 0 Å². The van der Waals surface area contributed by atoms with Crippen molar-refractivity contribution in [3.63, 3.8) is 0 Å². The first kappa shape index (κ1) is 39.3. The van der Waals surface area contributed by atoms with E-state index in [0.29, 0.717) is 0 Å². The second-order valence-corrected chi connectivity index (χ2v) is 17.2. The van der Waals surface area contributed by atoms with Crippen LogP contribution < -0.4 is 14.5 Å². The normalized spacial score (nSPS) is 11.6. The van der Waals surface area contributed by atoms with Crippen LogP contribution in [0.25, 0.3) is 77.2 Å². The summed E-state index contributed by atoms with van der Waals surface area (Å²) in [7, 11) is 0. The summed E-state index contributed by atoms with van der Waals surface area (Å²) in [5, 5.41) is 4.42. The maximum atomic E-state index is 7.47. The second kappa shape index (κ2) is 16.4. The minimum absolute atomic E-state index is 0.802. The number of rotatable bonds is 9. The Hall–Kier alpha value is -9.12. The summed E-state index contributed by atoms with van der Waals surface area (Å²) in [5.74, 6) is 1.60. The third-order valence-corrected chi connectivity index (χ3v) is 13.3. The van der Waals surface area contributed by atoms with Crippen LogP contribution in [-0.4, -0.2) is 0 Å². The molecule has 4 heteroatoms. The van der Waals surface area contributed by atoms with Crippen LogP contribution in [0.4, 0.5) is 34.1 Å². The monoisotopic (exact) mass is 870 g/mol. The highest BCUT2D eigenvalue weighted by Gasteiger charge is 2.30. The molecule has 320 valence electrons. The van der Waals surface area contributed by atoms with Crippen molar-refractivity contribution in [1.29, 1.82) is 0 Å². The Kier molecular flexibility index (Phi) is 9.47. The van der Waals surface area contributed by atoms with Crippen LogP contribution in [-0.2, 0) is 0 Å². The zero-order chi connectivity index (χ0) is 45.0. The summed E-state index contributed by atoms with van der Waals surface area (Å²) in [6.07, 6.45) is 0. The lowest BCUT2D eigenvalue weighted by Gasteiger charge is -2.33. The Morgan fingerprint density at radius 3 is 1.41 bits per heavy atom. The van der Waals surface area contributed by atoms with Gasteiger partial charge in [0.1, 0.15) is 11.2 Å². The van der Waals surface area contributed by atoms with E-state index in [4.69, 9.17) is 9.15 Å². The maximum Gasteiger partial charge on any atom is 0.160 e. The Morgan fingerprint density at radius 2 is 0.750 bits per heavy atom. The van der Waals surface area contributed by atoms with Crippen LogP contribution in [0.5, 0.6) is 11.5 Å². The predicted molar refractivity (Wildman–Crippen MR) is 282 cm³/mol. The minimum atomic E-state index is 0.802. The van der Waals surface area contributed by atoms with Crippen LogP contribution >= 0.6 is 0 Å². The van der Waals surface area contributed by atoms with Crippen molar-refractivity contribution in [3.05, 3.63) is 255 Å². The van der Waals surface area contributed by atoms with Crippen LogP contribution in [0.3, 0.4) is 0 Å². The van der Waals surface area contributed by atoms with Crippen molar-refractivity contribution in [2.45, 2.75) is 0 Å². The molecule has 0 saturated heterocycles. The van der Waals surface area contributed by atoms with Gasteiger partial charge < -0.3 is 19.0 Å². The molecule has 1 aliphatic heterocycles. The smallest absolute Gasteiger partial charge is 0.160 e. The number of hydrogen-bond acceptors (Lipinski definition) is 4. The molecular weight excluding hydrogens is 829 g/mol. The van der Waals surface area contributed by atoms with E-state index in [1.807, 2.05) is 12.1 Å². The molecule has 1 aliphatic rings. The van der Waals surface area contributed by atoms with E-state index in [9.17, 15) is 0 Å². The van der Waals surface area contributed by atoms with Crippen LogP contribution in [0, 0.1) is 0 Å². The van der Waals surface area contributed by atoms with Gasteiger partial charge in [0, 0.05) is 50.0 Å². The first-order valence-corrected chi connectivity index (χ1v) is 23.1. The van der Waals surface area contributed by atoms with Gasteiger partial charge in [0.05, 0.1) is 11.4 Å². The molecule has 0 aliphatic carbocycles. The number of ether oxygens (including phenoxy) is 1. The highest BCUT2D eigenvalue weighted by Crippen LogP contribution is 2.56. The molecule has 0 atom stereocenters. The number of hydrogen-bond donors (Lipinski definition) is 0. The van der Waals surface area contributed by atoms with Gasteiger partial charge in [-0.05, 0) is 105 Å². The molecule has 0 unspecified atom stereocenters. The molecule has 13 rings (SSSR count). The molecule has 0 bridgehead atoms. The SMILES string of the molecule is c1ccc(-c2ccc(-c3ccc(N(c4ccc(-c5cccc6c5oc5ccccc56)cc4)c4ccc5cccc6c5c4Oc4c-6cccc4N(c4ccccc4)c4ccccc4)cc3)cc2)cc1. The van der Waals surface area contributed by atoms with Gasteiger partial charge in [-0.25, -0.2) is 0 Å². The van der Waals surface area contributed by atoms with Gasteiger partial charge in [0.2, 0.25) is 0 Å². The first-order valence-electron chi connectivity index (χ1n) is 23.1. The summed E-state index contributed by atoms with van der Waals surface area (Å²) < 4.78 is 14.0. The fourth-order valence-electron chi connectivity index (χ4n) is 10.0. The van der Waals surface area contributed by atoms with Crippen molar-refractivity contribution in [1.82, 2.24) is 0 Å². The Morgan fingerprint density at radius 1 is 0.279 bits per heavy atom. The largest absolute Gasteiger partial charge is 0.455 e. The van der Waals surface area contributed by atoms with E-state index >= 15 is 0 Å². The van der Waals surface area contributed by atoms with E-state index in [-0.39, 0.29) is 0 Å². The number of benzene rings is 11. The van der Waals surface area contributed by atoms with Crippen molar-refractivity contribution < 1.29 is 9.15 Å². The number of furan rings is 1. The van der Waals surface area contributed by atoms with E-state index in [0.717, 1.165) is 112 Å². The summed E-state index contributed by atoms with van der Waals surface area (Å²) in [6, 6.07) is 90.3. The Bertz CT molecular complexity index is 3750. The molecular formula is C64H42N2O2. The molecule has 11 aromatic carbocycles. The summed E-state index contributed by atoms with van der Waals surface area (Å²) in [6.45, 7) is 0. The standard InChI is InChI=1S/C64H42N2O2/c1-4-15-43(16-5-1)44-29-31-45(32-30-44)46-33-38-51(39-34-46)66(52-40-35-47(36-41-52)53-23-13-25-56-54-22-10-11-28-60(54)67-62(53)56)59-42-37-48-17-12-24-55-57-26-14-27-58(63(57)68-64(59)61(48)55)65(49-18-6-2-7-19-49)50-20-8-3-9-21-50/h1-42H. The molecule has 12 aromatic rings. The fraction of sp³-hybridized carbons (Fsp3) is 0. The highest BCUT2D eigenvalue weighted by atomic mass is 16.5. The Balaban J connectivity index is 0.965. The molecule has 0 radical (unpaired) electrons. The van der Waals surface area contributed by atoms with E-state index in [2.05, 4.69) is 252 Å². The minimum Gasteiger partial charge on any atom is -0.455 e. The van der Waals surface area contributed by atoms with Crippen molar-refractivity contribution in [2.24, 2.45) is 0 Å². The van der Waals surface area contributed by atoms with Crippen LogP contribution in [0.2, 0.25) is 0 Å². The van der Waals surface area contributed by atoms with Crippen molar-refractivity contribution in [3.8, 4) is 56.0 Å². The number of anilines is 6. The molecule has 0 amide bonds. The lowest BCUT2D eigenvalue weighted by atomic mass is 9.93. The molecule has 68 heavy (non-hydrogen) atoms. The number of fused-ring (bicyclic) bond motifs is 5. The summed E-state index contributed by atoms with van der Waals surface area (Å²) in [5.41, 5.74) is 16.8. The van der Waals surface area contributed by atoms with Gasteiger partial charge in [0.15, 0.2) is 11.5 Å². The van der Waals surface area contributed by atoms with Crippen molar-refractivity contribution >= 4 is 66.8 Å². The van der Waals surface area contributed by atoms with Gasteiger partial charge in [-0.3, -0.25) is 0 Å². The third-order valence-electron chi connectivity index (χ3n) is 13.3. The lowest BCUT2D eigenvalue weighted by Crippen LogP contribution is -2.14. The van der Waals surface area contributed by atoms with E-state index < -0.39 is 0 Å². The molecule has 4 nitrogen and oxygen atoms in total. The van der Waals surface area contributed by atoms with E-state index in [1.165, 1.54) is 11.1 Å². The average molecular weight is 871 g/mol. The first-order chi connectivity index (χ1) is 33.7. The lowest BCUT2D eigenvalue weighted by molar-refractivity contribution is 0.489. The van der Waals surface area contributed by atoms with Gasteiger partial charge in [-0.15, -0.1) is 0 Å². The summed E-state index contributed by atoms with van der Waals surface area (Å²) in [4.78, 5) is 4.62. The quantitative estimate of drug-likeness (QED) is 0.144. The molecule has 0 spiro atoms. The molecule has 0 fully saturated rings. The van der Waals surface area contributed by atoms with Gasteiger partial charge in [-0.1, -0.05) is 188 Å². The summed E-state index contributed by atoms with van der Waals surface area (Å²) >= 11 is 0. The molecule has 1 aromatic heterocycles. The zero-order valence-electron chi connectivity index (χ0n) is 37.0. The second-order valence-electron chi connectivity index (χ2n) is 17.2.